The Morgan fingerprint density at radius 2 is 2.22 bits per heavy atom. The Balaban J connectivity index is 1.59. The Kier molecular flexibility index (Phi) is 3.01. The molecule has 5 heteroatoms. The molecule has 0 aromatic rings. The second kappa shape index (κ2) is 4.53. The van der Waals surface area contributed by atoms with Crippen LogP contribution in [0.3, 0.4) is 0 Å². The van der Waals surface area contributed by atoms with Crippen molar-refractivity contribution < 1.29 is 9.59 Å². The second-order valence-electron chi connectivity index (χ2n) is 5.76. The van der Waals surface area contributed by atoms with Crippen LogP contribution < -0.4 is 5.32 Å². The van der Waals surface area contributed by atoms with Crippen molar-refractivity contribution in [3.8, 4) is 0 Å². The maximum absolute atomic E-state index is 12.2. The number of nitrogens with zero attached hydrogens (tertiary/aromatic N) is 2. The van der Waals surface area contributed by atoms with Gasteiger partial charge in [0, 0.05) is 25.7 Å². The minimum absolute atomic E-state index is 0.0875. The number of piperidine rings is 1. The van der Waals surface area contributed by atoms with Crippen molar-refractivity contribution in [3.05, 3.63) is 0 Å². The number of rotatable bonds is 3. The summed E-state index contributed by atoms with van der Waals surface area (Å²) < 4.78 is 0. The Hall–Kier alpha value is -1.10. The lowest BCUT2D eigenvalue weighted by molar-refractivity contribution is -0.139. The minimum atomic E-state index is 0.0875. The SMILES string of the molecule is CN(C(=O)CN1CC2NCCCC2C1=O)C1CC1. The Labute approximate surface area is 107 Å². The highest BCUT2D eigenvalue weighted by Gasteiger charge is 2.42. The maximum Gasteiger partial charge on any atom is 0.242 e. The lowest BCUT2D eigenvalue weighted by Crippen LogP contribution is -2.41. The van der Waals surface area contributed by atoms with Crippen LogP contribution in [0.25, 0.3) is 0 Å². The van der Waals surface area contributed by atoms with Gasteiger partial charge in [0.15, 0.2) is 0 Å². The molecule has 1 saturated carbocycles. The largest absolute Gasteiger partial charge is 0.341 e. The van der Waals surface area contributed by atoms with Crippen molar-refractivity contribution in [2.24, 2.45) is 5.92 Å². The van der Waals surface area contributed by atoms with Gasteiger partial charge in [-0.3, -0.25) is 9.59 Å². The zero-order valence-corrected chi connectivity index (χ0v) is 10.9. The van der Waals surface area contributed by atoms with Gasteiger partial charge in [0.25, 0.3) is 0 Å². The lowest BCUT2D eigenvalue weighted by atomic mass is 9.94. The van der Waals surface area contributed by atoms with E-state index in [1.54, 1.807) is 4.90 Å². The minimum Gasteiger partial charge on any atom is -0.341 e. The molecule has 2 saturated heterocycles. The molecule has 3 aliphatic rings. The number of likely N-dealkylation sites (tertiary alicyclic amines) is 1. The molecule has 0 spiro atoms. The van der Waals surface area contributed by atoms with E-state index in [1.165, 1.54) is 0 Å². The Morgan fingerprint density at radius 3 is 2.89 bits per heavy atom. The molecule has 0 radical (unpaired) electrons. The fourth-order valence-electron chi connectivity index (χ4n) is 3.08. The Morgan fingerprint density at radius 1 is 1.44 bits per heavy atom. The van der Waals surface area contributed by atoms with Crippen molar-refractivity contribution in [3.63, 3.8) is 0 Å². The molecule has 2 unspecified atom stereocenters. The van der Waals surface area contributed by atoms with Crippen LogP contribution in [0.5, 0.6) is 0 Å². The first-order valence-corrected chi connectivity index (χ1v) is 6.94. The van der Waals surface area contributed by atoms with Crippen molar-refractivity contribution >= 4 is 11.8 Å². The van der Waals surface area contributed by atoms with Gasteiger partial charge in [-0.1, -0.05) is 0 Å². The van der Waals surface area contributed by atoms with Crippen LogP contribution >= 0.6 is 0 Å². The molecule has 18 heavy (non-hydrogen) atoms. The van der Waals surface area contributed by atoms with E-state index in [0.717, 1.165) is 32.2 Å². The molecular weight excluding hydrogens is 230 g/mol. The van der Waals surface area contributed by atoms with Gasteiger partial charge in [0.05, 0.1) is 12.5 Å². The molecule has 3 rings (SSSR count). The van der Waals surface area contributed by atoms with Crippen LogP contribution in [0.1, 0.15) is 25.7 Å². The summed E-state index contributed by atoms with van der Waals surface area (Å²) in [6.07, 6.45) is 4.27. The average molecular weight is 251 g/mol. The van der Waals surface area contributed by atoms with E-state index in [0.29, 0.717) is 12.6 Å². The molecule has 0 aromatic heterocycles. The van der Waals surface area contributed by atoms with Gasteiger partial charge in [-0.25, -0.2) is 0 Å². The van der Waals surface area contributed by atoms with E-state index in [2.05, 4.69) is 5.32 Å². The van der Waals surface area contributed by atoms with Gasteiger partial charge in [-0.2, -0.15) is 0 Å². The predicted molar refractivity (Wildman–Crippen MR) is 66.9 cm³/mol. The quantitative estimate of drug-likeness (QED) is 0.757. The smallest absolute Gasteiger partial charge is 0.242 e. The first-order valence-electron chi connectivity index (χ1n) is 6.94. The van der Waals surface area contributed by atoms with Crippen LogP contribution in [0.15, 0.2) is 0 Å². The summed E-state index contributed by atoms with van der Waals surface area (Å²) in [5.41, 5.74) is 0. The third-order valence-electron chi connectivity index (χ3n) is 4.44. The number of hydrogen-bond donors (Lipinski definition) is 1. The number of likely N-dealkylation sites (N-methyl/N-ethyl adjacent to an activating group) is 1. The molecule has 2 heterocycles. The van der Waals surface area contributed by atoms with Crippen LogP contribution in [0.4, 0.5) is 0 Å². The third-order valence-corrected chi connectivity index (χ3v) is 4.44. The summed E-state index contributed by atoms with van der Waals surface area (Å²) in [5.74, 6) is 0.368. The van der Waals surface area contributed by atoms with Gasteiger partial charge >= 0.3 is 0 Å². The van der Waals surface area contributed by atoms with Crippen LogP contribution in [0.2, 0.25) is 0 Å². The van der Waals surface area contributed by atoms with Crippen molar-refractivity contribution in [1.82, 2.24) is 15.1 Å². The molecule has 0 bridgehead atoms. The standard InChI is InChI=1S/C13H21N3O2/c1-15(9-4-5-9)12(17)8-16-7-11-10(13(16)18)3-2-6-14-11/h9-11,14H,2-8H2,1H3. The zero-order valence-electron chi connectivity index (χ0n) is 10.9. The molecule has 3 fully saturated rings. The molecule has 1 aliphatic carbocycles. The molecule has 100 valence electrons. The van der Waals surface area contributed by atoms with Crippen molar-refractivity contribution in [2.75, 3.05) is 26.7 Å². The number of nitrogens with one attached hydrogen (secondary N) is 1. The molecule has 2 aliphatic heterocycles. The first kappa shape index (κ1) is 12.0. The third kappa shape index (κ3) is 2.11. The number of carbonyl (C=O) groups excluding carboxylic acids is 2. The number of carbonyl (C=O) groups is 2. The summed E-state index contributed by atoms with van der Waals surface area (Å²) in [7, 11) is 1.85. The second-order valence-corrected chi connectivity index (χ2v) is 5.76. The van der Waals surface area contributed by atoms with Crippen LogP contribution in [-0.4, -0.2) is 60.4 Å². The first-order chi connectivity index (χ1) is 8.66. The molecule has 5 nitrogen and oxygen atoms in total. The molecule has 0 aromatic carbocycles. The van der Waals surface area contributed by atoms with E-state index in [1.807, 2.05) is 11.9 Å². The van der Waals surface area contributed by atoms with Crippen LogP contribution in [0, 0.1) is 5.92 Å². The number of amides is 2. The monoisotopic (exact) mass is 251 g/mol. The molecule has 2 amide bonds. The summed E-state index contributed by atoms with van der Waals surface area (Å²) in [5, 5.41) is 3.39. The Bertz CT molecular complexity index is 367. The van der Waals surface area contributed by atoms with E-state index >= 15 is 0 Å². The highest BCUT2D eigenvalue weighted by atomic mass is 16.2. The van der Waals surface area contributed by atoms with E-state index in [-0.39, 0.29) is 30.3 Å². The highest BCUT2D eigenvalue weighted by molar-refractivity contribution is 5.88. The summed E-state index contributed by atoms with van der Waals surface area (Å²) in [6.45, 7) is 1.96. The molecule has 1 N–H and O–H groups in total. The molecular formula is C13H21N3O2. The van der Waals surface area contributed by atoms with E-state index in [4.69, 9.17) is 0 Å². The number of fused-ring (bicyclic) bond motifs is 1. The van der Waals surface area contributed by atoms with Crippen LogP contribution in [-0.2, 0) is 9.59 Å². The van der Waals surface area contributed by atoms with Crippen molar-refractivity contribution in [2.45, 2.75) is 37.8 Å². The average Bonchev–Trinajstić information content (AvgIpc) is 3.17. The van der Waals surface area contributed by atoms with Gasteiger partial charge in [-0.15, -0.1) is 0 Å². The van der Waals surface area contributed by atoms with E-state index < -0.39 is 0 Å². The fourth-order valence-corrected chi connectivity index (χ4v) is 3.08. The number of hydrogen-bond acceptors (Lipinski definition) is 3. The lowest BCUT2D eigenvalue weighted by Gasteiger charge is -2.23. The molecule has 2 atom stereocenters. The maximum atomic E-state index is 12.2. The van der Waals surface area contributed by atoms with Crippen molar-refractivity contribution in [1.29, 1.82) is 0 Å². The summed E-state index contributed by atoms with van der Waals surface area (Å²) >= 11 is 0. The van der Waals surface area contributed by atoms with Gasteiger partial charge in [0.1, 0.15) is 0 Å². The normalized spacial score (nSPS) is 31.4. The summed E-state index contributed by atoms with van der Waals surface area (Å²) in [4.78, 5) is 27.8. The van der Waals surface area contributed by atoms with Gasteiger partial charge in [-0.05, 0) is 32.2 Å². The topological polar surface area (TPSA) is 52.7 Å². The van der Waals surface area contributed by atoms with Gasteiger partial charge < -0.3 is 15.1 Å². The zero-order chi connectivity index (χ0) is 12.7. The van der Waals surface area contributed by atoms with Gasteiger partial charge in [0.2, 0.25) is 11.8 Å². The summed E-state index contributed by atoms with van der Waals surface area (Å²) in [6, 6.07) is 0.695. The van der Waals surface area contributed by atoms with E-state index in [9.17, 15) is 9.59 Å². The highest BCUT2D eigenvalue weighted by Crippen LogP contribution is 2.28. The predicted octanol–water partition coefficient (Wildman–Crippen LogP) is -0.182. The fraction of sp³-hybridized carbons (Fsp3) is 0.846.